The average Bonchev–Trinajstić information content (AvgIpc) is 2.97. The predicted octanol–water partition coefficient (Wildman–Crippen LogP) is 3.02. The molecule has 1 fully saturated rings. The molecule has 0 aliphatic heterocycles. The first-order valence-electron chi connectivity index (χ1n) is 5.52. The lowest BCUT2D eigenvalue weighted by molar-refractivity contribution is 0.454. The Kier molecular flexibility index (Phi) is 3.75. The molecule has 16 heavy (non-hydrogen) atoms. The molecule has 3 unspecified atom stereocenters. The predicted molar refractivity (Wildman–Crippen MR) is 68.5 cm³/mol. The molecule has 3 N–H and O–H groups in total. The number of nitrogens with two attached hydrogens (primary N) is 1. The van der Waals surface area contributed by atoms with Crippen LogP contribution in [0.15, 0.2) is 18.2 Å². The maximum atomic E-state index is 5.98. The van der Waals surface area contributed by atoms with Gasteiger partial charge in [0.05, 0.1) is 10.0 Å². The van der Waals surface area contributed by atoms with Gasteiger partial charge in [0.1, 0.15) is 0 Å². The fourth-order valence-corrected chi connectivity index (χ4v) is 2.49. The highest BCUT2D eigenvalue weighted by Crippen LogP contribution is 2.41. The smallest absolute Gasteiger partial charge is 0.0595 e. The molecular formula is C12H16Cl2N2. The van der Waals surface area contributed by atoms with Crippen LogP contribution in [-0.4, -0.2) is 6.04 Å². The summed E-state index contributed by atoms with van der Waals surface area (Å²) in [6.45, 7) is 2.25. The molecule has 0 bridgehead atoms. The normalized spacial score (nSPS) is 25.5. The Morgan fingerprint density at radius 1 is 1.44 bits per heavy atom. The monoisotopic (exact) mass is 258 g/mol. The summed E-state index contributed by atoms with van der Waals surface area (Å²) in [5.74, 6) is 7.06. The first kappa shape index (κ1) is 12.2. The fraction of sp³-hybridized carbons (Fsp3) is 0.500. The Morgan fingerprint density at radius 2 is 2.12 bits per heavy atom. The van der Waals surface area contributed by atoms with E-state index in [-0.39, 0.29) is 0 Å². The van der Waals surface area contributed by atoms with Crippen molar-refractivity contribution >= 4 is 23.2 Å². The van der Waals surface area contributed by atoms with Crippen molar-refractivity contribution in [2.24, 2.45) is 17.7 Å². The van der Waals surface area contributed by atoms with E-state index in [0.29, 0.717) is 22.0 Å². The van der Waals surface area contributed by atoms with Crippen molar-refractivity contribution in [1.82, 2.24) is 5.43 Å². The molecule has 2 rings (SSSR count). The Morgan fingerprint density at radius 3 is 2.62 bits per heavy atom. The van der Waals surface area contributed by atoms with E-state index in [1.54, 1.807) is 0 Å². The van der Waals surface area contributed by atoms with Crippen molar-refractivity contribution in [2.75, 3.05) is 0 Å². The van der Waals surface area contributed by atoms with Crippen molar-refractivity contribution in [2.45, 2.75) is 25.8 Å². The molecule has 0 amide bonds. The molecule has 1 saturated carbocycles. The van der Waals surface area contributed by atoms with Crippen LogP contribution in [0.25, 0.3) is 0 Å². The molecule has 0 spiro atoms. The van der Waals surface area contributed by atoms with Gasteiger partial charge in [0.15, 0.2) is 0 Å². The van der Waals surface area contributed by atoms with E-state index in [1.165, 1.54) is 12.0 Å². The van der Waals surface area contributed by atoms with E-state index in [0.717, 1.165) is 12.3 Å². The van der Waals surface area contributed by atoms with Crippen LogP contribution in [0.5, 0.6) is 0 Å². The fourth-order valence-electron chi connectivity index (χ4n) is 2.17. The molecule has 1 aliphatic carbocycles. The molecule has 2 nitrogen and oxygen atoms in total. The highest BCUT2D eigenvalue weighted by molar-refractivity contribution is 6.42. The van der Waals surface area contributed by atoms with Crippen molar-refractivity contribution < 1.29 is 0 Å². The van der Waals surface area contributed by atoms with Crippen LogP contribution in [0.3, 0.4) is 0 Å². The van der Waals surface area contributed by atoms with E-state index < -0.39 is 0 Å². The number of rotatable bonds is 4. The number of nitrogens with one attached hydrogen (secondary N) is 1. The van der Waals surface area contributed by atoms with Crippen molar-refractivity contribution in [3.8, 4) is 0 Å². The molecule has 0 saturated heterocycles. The van der Waals surface area contributed by atoms with Crippen LogP contribution < -0.4 is 11.3 Å². The molecule has 3 atom stereocenters. The average molecular weight is 259 g/mol. The number of halogens is 2. The second kappa shape index (κ2) is 4.92. The summed E-state index contributed by atoms with van der Waals surface area (Å²) in [7, 11) is 0. The van der Waals surface area contributed by atoms with Gasteiger partial charge in [-0.2, -0.15) is 0 Å². The number of hydrogen-bond acceptors (Lipinski definition) is 2. The van der Waals surface area contributed by atoms with Gasteiger partial charge in [-0.1, -0.05) is 36.2 Å². The first-order valence-corrected chi connectivity index (χ1v) is 6.27. The molecule has 4 heteroatoms. The lowest BCUT2D eigenvalue weighted by Crippen LogP contribution is -2.38. The maximum absolute atomic E-state index is 5.98. The van der Waals surface area contributed by atoms with Gasteiger partial charge in [-0.25, -0.2) is 0 Å². The lowest BCUT2D eigenvalue weighted by atomic mass is 10.0. The topological polar surface area (TPSA) is 38.0 Å². The zero-order valence-electron chi connectivity index (χ0n) is 9.21. The van der Waals surface area contributed by atoms with Gasteiger partial charge in [-0.3, -0.25) is 11.3 Å². The molecule has 1 aliphatic rings. The van der Waals surface area contributed by atoms with Crippen LogP contribution in [0.4, 0.5) is 0 Å². The molecule has 0 heterocycles. The van der Waals surface area contributed by atoms with E-state index >= 15 is 0 Å². The van der Waals surface area contributed by atoms with Gasteiger partial charge in [-0.15, -0.1) is 0 Å². The Bertz CT molecular complexity index is 381. The van der Waals surface area contributed by atoms with E-state index in [2.05, 4.69) is 12.3 Å². The zero-order valence-corrected chi connectivity index (χ0v) is 10.7. The number of hydrazine groups is 1. The standard InChI is InChI=1S/C12H16Cl2N2/c1-7-4-9(7)12(16-15)6-8-2-3-10(13)11(14)5-8/h2-3,5,7,9,12,16H,4,6,15H2,1H3. The van der Waals surface area contributed by atoms with Crippen molar-refractivity contribution in [1.29, 1.82) is 0 Å². The summed E-state index contributed by atoms with van der Waals surface area (Å²) in [5, 5.41) is 1.21. The summed E-state index contributed by atoms with van der Waals surface area (Å²) in [6, 6.07) is 6.10. The summed E-state index contributed by atoms with van der Waals surface area (Å²) in [5.41, 5.74) is 4.08. The van der Waals surface area contributed by atoms with Gasteiger partial charge in [-0.05, 0) is 42.4 Å². The van der Waals surface area contributed by atoms with Crippen LogP contribution >= 0.6 is 23.2 Å². The maximum Gasteiger partial charge on any atom is 0.0595 e. The number of hydrogen-bond donors (Lipinski definition) is 2. The van der Waals surface area contributed by atoms with Crippen LogP contribution in [0.2, 0.25) is 10.0 Å². The Balaban J connectivity index is 2.04. The third-order valence-electron chi connectivity index (χ3n) is 3.34. The minimum Gasteiger partial charge on any atom is -0.271 e. The minimum atomic E-state index is 0.340. The summed E-state index contributed by atoms with van der Waals surface area (Å²) >= 11 is 11.9. The van der Waals surface area contributed by atoms with Crippen LogP contribution in [-0.2, 0) is 6.42 Å². The second-order valence-electron chi connectivity index (χ2n) is 4.60. The molecule has 88 valence electrons. The Hall–Kier alpha value is -0.280. The summed E-state index contributed by atoms with van der Waals surface area (Å²) in [4.78, 5) is 0. The molecular weight excluding hydrogens is 243 g/mol. The lowest BCUT2D eigenvalue weighted by Gasteiger charge is -2.15. The van der Waals surface area contributed by atoms with Gasteiger partial charge in [0, 0.05) is 6.04 Å². The van der Waals surface area contributed by atoms with Gasteiger partial charge < -0.3 is 0 Å². The van der Waals surface area contributed by atoms with Crippen LogP contribution in [0, 0.1) is 11.8 Å². The SMILES string of the molecule is CC1CC1C(Cc1ccc(Cl)c(Cl)c1)NN. The largest absolute Gasteiger partial charge is 0.271 e. The highest BCUT2D eigenvalue weighted by Gasteiger charge is 2.38. The van der Waals surface area contributed by atoms with E-state index in [9.17, 15) is 0 Å². The van der Waals surface area contributed by atoms with Crippen molar-refractivity contribution in [3.63, 3.8) is 0 Å². The summed E-state index contributed by atoms with van der Waals surface area (Å²) in [6.07, 6.45) is 2.17. The highest BCUT2D eigenvalue weighted by atomic mass is 35.5. The quantitative estimate of drug-likeness (QED) is 0.644. The first-order chi connectivity index (χ1) is 7.61. The summed E-state index contributed by atoms with van der Waals surface area (Å²) < 4.78 is 0. The van der Waals surface area contributed by atoms with E-state index in [1.807, 2.05) is 18.2 Å². The second-order valence-corrected chi connectivity index (χ2v) is 5.42. The molecule has 1 aromatic rings. The molecule has 0 aromatic heterocycles. The molecule has 0 radical (unpaired) electrons. The van der Waals surface area contributed by atoms with Crippen molar-refractivity contribution in [3.05, 3.63) is 33.8 Å². The molecule has 1 aromatic carbocycles. The third-order valence-corrected chi connectivity index (χ3v) is 4.08. The Labute approximate surface area is 106 Å². The van der Waals surface area contributed by atoms with Gasteiger partial charge in [0.25, 0.3) is 0 Å². The zero-order chi connectivity index (χ0) is 11.7. The van der Waals surface area contributed by atoms with Crippen LogP contribution in [0.1, 0.15) is 18.9 Å². The van der Waals surface area contributed by atoms with Gasteiger partial charge in [0.2, 0.25) is 0 Å². The minimum absolute atomic E-state index is 0.340. The van der Waals surface area contributed by atoms with E-state index in [4.69, 9.17) is 29.0 Å². The third kappa shape index (κ3) is 2.69. The number of benzene rings is 1. The van der Waals surface area contributed by atoms with Gasteiger partial charge >= 0.3 is 0 Å².